The molecular weight excluding hydrogens is 296 g/mol. The van der Waals surface area contributed by atoms with Gasteiger partial charge >= 0.3 is 0 Å². The summed E-state index contributed by atoms with van der Waals surface area (Å²) in [6.07, 6.45) is 20.8. The fraction of sp³-hybridized carbons (Fsp3) is 0.842. The van der Waals surface area contributed by atoms with Gasteiger partial charge in [0.1, 0.15) is 5.94 Å². The number of halogens is 1. The molecule has 0 aromatic rings. The van der Waals surface area contributed by atoms with Crippen LogP contribution >= 0.6 is 11.6 Å². The number of carbonyl (C=O) groups excluding carboxylic acids is 2. The quantitative estimate of drug-likeness (QED) is 0.176. The number of rotatable bonds is 17. The molecule has 0 rings (SSSR count). The third-order valence-corrected chi connectivity index (χ3v) is 4.24. The molecule has 0 saturated heterocycles. The Morgan fingerprint density at radius 2 is 1.05 bits per heavy atom. The van der Waals surface area contributed by atoms with E-state index in [2.05, 4.69) is 0 Å². The first-order valence-electron chi connectivity index (χ1n) is 9.15. The van der Waals surface area contributed by atoms with Crippen molar-refractivity contribution < 1.29 is 9.59 Å². The van der Waals surface area contributed by atoms with Gasteiger partial charge < -0.3 is 0 Å². The molecule has 2 nitrogen and oxygen atoms in total. The largest absolute Gasteiger partial charge is 0.281 e. The summed E-state index contributed by atoms with van der Waals surface area (Å²) in [7, 11) is 0. The monoisotopic (exact) mass is 328 g/mol. The Bertz CT molecular complexity index is 280. The summed E-state index contributed by atoms with van der Waals surface area (Å²) in [4.78, 5) is 20.5. The van der Waals surface area contributed by atoms with E-state index in [1.165, 1.54) is 70.6 Å². The lowest BCUT2D eigenvalue weighted by atomic mass is 10.0. The standard InChI is InChI=1S/C19H33ClO2/c20-19(22)17-15-13-11-9-7-5-3-1-2-4-6-8-10-12-14-16-18-21/h16H,1-15,17H2. The first-order valence-corrected chi connectivity index (χ1v) is 9.53. The summed E-state index contributed by atoms with van der Waals surface area (Å²) in [5, 5.41) is -0.196. The Kier molecular flexibility index (Phi) is 18.0. The topological polar surface area (TPSA) is 34.1 Å². The molecule has 0 aromatic heterocycles. The van der Waals surface area contributed by atoms with E-state index in [-0.39, 0.29) is 5.24 Å². The molecule has 0 unspecified atom stereocenters. The maximum Gasteiger partial charge on any atom is 0.221 e. The van der Waals surface area contributed by atoms with Crippen LogP contribution in [-0.4, -0.2) is 11.2 Å². The minimum absolute atomic E-state index is 0.196. The SMILES string of the molecule is O=C=CCCCCCCCCCCCCCCCCC(=O)Cl. The zero-order valence-corrected chi connectivity index (χ0v) is 14.8. The van der Waals surface area contributed by atoms with Gasteiger partial charge in [0.25, 0.3) is 0 Å². The number of hydrogen-bond donors (Lipinski definition) is 0. The highest BCUT2D eigenvalue weighted by molar-refractivity contribution is 6.63. The molecule has 0 fully saturated rings. The van der Waals surface area contributed by atoms with E-state index >= 15 is 0 Å². The molecule has 0 aromatic carbocycles. The molecule has 0 radical (unpaired) electrons. The molecule has 3 heteroatoms. The third kappa shape index (κ3) is 19.4. The first-order chi connectivity index (χ1) is 10.8. The van der Waals surface area contributed by atoms with Gasteiger partial charge in [-0.05, 0) is 36.9 Å². The highest BCUT2D eigenvalue weighted by Crippen LogP contribution is 2.13. The van der Waals surface area contributed by atoms with Crippen LogP contribution in [0.5, 0.6) is 0 Å². The average molecular weight is 329 g/mol. The Balaban J connectivity index is 2.99. The van der Waals surface area contributed by atoms with Gasteiger partial charge in [-0.1, -0.05) is 77.0 Å². The maximum absolute atomic E-state index is 10.6. The lowest BCUT2D eigenvalue weighted by Crippen LogP contribution is -1.86. The lowest BCUT2D eigenvalue weighted by Gasteiger charge is -2.03. The first kappa shape index (κ1) is 21.4. The minimum Gasteiger partial charge on any atom is -0.281 e. The highest BCUT2D eigenvalue weighted by Gasteiger charge is 1.96. The van der Waals surface area contributed by atoms with Gasteiger partial charge in [0.2, 0.25) is 5.24 Å². The number of carbonyl (C=O) groups is 1. The van der Waals surface area contributed by atoms with E-state index in [0.717, 1.165) is 25.7 Å². The minimum atomic E-state index is -0.196. The molecule has 0 bridgehead atoms. The molecule has 0 atom stereocenters. The van der Waals surface area contributed by atoms with Crippen LogP contribution < -0.4 is 0 Å². The molecule has 0 N–H and O–H groups in total. The van der Waals surface area contributed by atoms with E-state index < -0.39 is 0 Å². The summed E-state index contributed by atoms with van der Waals surface area (Å²) >= 11 is 5.29. The number of allylic oxidation sites excluding steroid dienone is 1. The molecule has 0 aliphatic rings. The van der Waals surface area contributed by atoms with Crippen LogP contribution in [0.15, 0.2) is 6.08 Å². The van der Waals surface area contributed by atoms with Crippen LogP contribution in [0.25, 0.3) is 0 Å². The molecule has 0 spiro atoms. The normalized spacial score (nSPS) is 10.4. The van der Waals surface area contributed by atoms with Crippen molar-refractivity contribution in [2.45, 2.75) is 103 Å². The van der Waals surface area contributed by atoms with Gasteiger partial charge in [0.05, 0.1) is 0 Å². The highest BCUT2D eigenvalue weighted by atomic mass is 35.5. The smallest absolute Gasteiger partial charge is 0.221 e. The van der Waals surface area contributed by atoms with Crippen molar-refractivity contribution in [3.63, 3.8) is 0 Å². The van der Waals surface area contributed by atoms with Crippen LogP contribution in [0.3, 0.4) is 0 Å². The van der Waals surface area contributed by atoms with Gasteiger partial charge in [-0.25, -0.2) is 4.79 Å². The van der Waals surface area contributed by atoms with Gasteiger partial charge in [0.15, 0.2) is 0 Å². The maximum atomic E-state index is 10.6. The van der Waals surface area contributed by atoms with E-state index in [9.17, 15) is 9.59 Å². The Hall–Kier alpha value is -0.590. The van der Waals surface area contributed by atoms with Crippen LogP contribution in [0.1, 0.15) is 103 Å². The number of unbranched alkanes of at least 4 members (excludes halogenated alkanes) is 14. The van der Waals surface area contributed by atoms with Gasteiger partial charge in [-0.15, -0.1) is 0 Å². The van der Waals surface area contributed by atoms with Crippen molar-refractivity contribution in [3.05, 3.63) is 6.08 Å². The second kappa shape index (κ2) is 18.5. The Labute approximate surface area is 141 Å². The van der Waals surface area contributed by atoms with E-state index in [0.29, 0.717) is 6.42 Å². The van der Waals surface area contributed by atoms with Crippen LogP contribution in [0.4, 0.5) is 0 Å². The van der Waals surface area contributed by atoms with Gasteiger partial charge in [-0.3, -0.25) is 4.79 Å². The van der Waals surface area contributed by atoms with Crippen LogP contribution in [0, 0.1) is 0 Å². The van der Waals surface area contributed by atoms with E-state index in [4.69, 9.17) is 11.6 Å². The van der Waals surface area contributed by atoms with E-state index in [1.54, 1.807) is 6.08 Å². The van der Waals surface area contributed by atoms with E-state index in [1.807, 2.05) is 5.94 Å². The van der Waals surface area contributed by atoms with Crippen molar-refractivity contribution in [1.29, 1.82) is 0 Å². The molecule has 128 valence electrons. The molecule has 0 heterocycles. The fourth-order valence-electron chi connectivity index (χ4n) is 2.69. The second-order valence-electron chi connectivity index (χ2n) is 6.17. The summed E-state index contributed by atoms with van der Waals surface area (Å²) < 4.78 is 0. The summed E-state index contributed by atoms with van der Waals surface area (Å²) in [6.45, 7) is 0. The Morgan fingerprint density at radius 3 is 1.41 bits per heavy atom. The van der Waals surface area contributed by atoms with Gasteiger partial charge in [0, 0.05) is 6.42 Å². The number of hydrogen-bond acceptors (Lipinski definition) is 2. The molecular formula is C19H33ClO2. The molecule has 0 saturated carbocycles. The summed E-state index contributed by atoms with van der Waals surface area (Å²) in [5.41, 5.74) is 0. The zero-order valence-electron chi connectivity index (χ0n) is 14.1. The molecule has 0 aliphatic carbocycles. The van der Waals surface area contributed by atoms with Crippen LogP contribution in [-0.2, 0) is 9.59 Å². The fourth-order valence-corrected chi connectivity index (χ4v) is 2.82. The summed E-state index contributed by atoms with van der Waals surface area (Å²) in [6, 6.07) is 0. The van der Waals surface area contributed by atoms with Crippen molar-refractivity contribution in [3.8, 4) is 0 Å². The Morgan fingerprint density at radius 1 is 0.682 bits per heavy atom. The second-order valence-corrected chi connectivity index (χ2v) is 6.59. The third-order valence-electron chi connectivity index (χ3n) is 4.06. The van der Waals surface area contributed by atoms with Crippen molar-refractivity contribution in [1.82, 2.24) is 0 Å². The van der Waals surface area contributed by atoms with Crippen molar-refractivity contribution >= 4 is 22.8 Å². The zero-order chi connectivity index (χ0) is 16.3. The average Bonchev–Trinajstić information content (AvgIpc) is 2.50. The summed E-state index contributed by atoms with van der Waals surface area (Å²) in [5.74, 6) is 1.83. The van der Waals surface area contributed by atoms with Crippen molar-refractivity contribution in [2.75, 3.05) is 0 Å². The van der Waals surface area contributed by atoms with Crippen LogP contribution in [0.2, 0.25) is 0 Å². The predicted molar refractivity (Wildman–Crippen MR) is 95.0 cm³/mol. The van der Waals surface area contributed by atoms with Crippen molar-refractivity contribution in [2.24, 2.45) is 0 Å². The molecule has 0 amide bonds. The molecule has 22 heavy (non-hydrogen) atoms. The lowest BCUT2D eigenvalue weighted by molar-refractivity contribution is -0.111. The van der Waals surface area contributed by atoms with Gasteiger partial charge in [-0.2, -0.15) is 0 Å². The molecule has 0 aliphatic heterocycles. The predicted octanol–water partition coefficient (Wildman–Crippen LogP) is 6.38.